The fraction of sp³-hybridized carbons (Fsp3) is 0.227. The number of carbonyl (C=O) groups excluding carboxylic acids is 1. The minimum absolute atomic E-state index is 0.144. The molecule has 4 heterocycles. The van der Waals surface area contributed by atoms with Crippen molar-refractivity contribution in [2.24, 2.45) is 0 Å². The van der Waals surface area contributed by atoms with Crippen LogP contribution in [0.3, 0.4) is 0 Å². The molecule has 0 bridgehead atoms. The molecule has 10 heteroatoms. The third-order valence-electron chi connectivity index (χ3n) is 4.94. The number of rotatable bonds is 7. The van der Waals surface area contributed by atoms with Gasteiger partial charge in [-0.15, -0.1) is 0 Å². The number of aryl methyl sites for hydroxylation is 1. The smallest absolute Gasteiger partial charge is 0.299 e. The summed E-state index contributed by atoms with van der Waals surface area (Å²) in [5.41, 5.74) is 2.59. The second kappa shape index (κ2) is 9.19. The maximum Gasteiger partial charge on any atom is 0.299 e. The number of pyridine rings is 2. The van der Waals surface area contributed by atoms with E-state index in [0.29, 0.717) is 52.6 Å². The molecule has 164 valence electrons. The highest BCUT2D eigenvalue weighted by Gasteiger charge is 2.17. The molecular weight excluding hydrogens is 430 g/mol. The Hall–Kier alpha value is -3.72. The van der Waals surface area contributed by atoms with Gasteiger partial charge in [-0.1, -0.05) is 17.7 Å². The van der Waals surface area contributed by atoms with Crippen molar-refractivity contribution in [2.75, 3.05) is 11.9 Å². The number of aromatic amines is 1. The lowest BCUT2D eigenvalue weighted by Gasteiger charge is -2.11. The van der Waals surface area contributed by atoms with Gasteiger partial charge in [-0.25, -0.2) is 4.98 Å². The zero-order valence-corrected chi connectivity index (χ0v) is 18.4. The highest BCUT2D eigenvalue weighted by Crippen LogP contribution is 2.30. The summed E-state index contributed by atoms with van der Waals surface area (Å²) in [7, 11) is 0. The zero-order valence-electron chi connectivity index (χ0n) is 17.6. The van der Waals surface area contributed by atoms with Gasteiger partial charge in [0.05, 0.1) is 29.0 Å². The zero-order chi connectivity index (χ0) is 22.7. The Kier molecular flexibility index (Phi) is 6.18. The Bertz CT molecular complexity index is 1330. The fourth-order valence-electron chi connectivity index (χ4n) is 3.35. The first-order chi connectivity index (χ1) is 15.4. The fourth-order valence-corrected chi connectivity index (χ4v) is 3.63. The summed E-state index contributed by atoms with van der Waals surface area (Å²) < 4.78 is 1.49. The summed E-state index contributed by atoms with van der Waals surface area (Å²) in [5.74, 6) is 0.526. The van der Waals surface area contributed by atoms with Crippen LogP contribution in [0, 0.1) is 6.92 Å². The van der Waals surface area contributed by atoms with E-state index in [1.807, 2.05) is 18.2 Å². The molecule has 4 aromatic rings. The van der Waals surface area contributed by atoms with E-state index >= 15 is 0 Å². The van der Waals surface area contributed by atoms with Crippen molar-refractivity contribution in [1.29, 1.82) is 0 Å². The SMILES string of the molecule is CC(=O)NCc1cc2c(Cl)c(-n3c(C)cnc(NCCc4ccccn4)c3=O)[nH]c2cn1. The van der Waals surface area contributed by atoms with Gasteiger partial charge in [0.25, 0.3) is 5.56 Å². The number of nitrogens with one attached hydrogen (secondary N) is 3. The molecule has 1 amide bonds. The molecule has 4 rings (SSSR count). The lowest BCUT2D eigenvalue weighted by molar-refractivity contribution is -0.119. The number of nitrogens with zero attached hydrogens (tertiary/aromatic N) is 4. The van der Waals surface area contributed by atoms with Crippen molar-refractivity contribution in [2.45, 2.75) is 26.8 Å². The van der Waals surface area contributed by atoms with Gasteiger partial charge >= 0.3 is 0 Å². The molecule has 0 radical (unpaired) electrons. The molecule has 3 N–H and O–H groups in total. The third kappa shape index (κ3) is 4.47. The van der Waals surface area contributed by atoms with Crippen molar-refractivity contribution < 1.29 is 4.79 Å². The van der Waals surface area contributed by atoms with Gasteiger partial charge < -0.3 is 15.6 Å². The van der Waals surface area contributed by atoms with Gasteiger partial charge in [0.15, 0.2) is 5.82 Å². The molecule has 0 fully saturated rings. The quantitative estimate of drug-likeness (QED) is 0.397. The molecule has 0 saturated carbocycles. The molecule has 32 heavy (non-hydrogen) atoms. The van der Waals surface area contributed by atoms with Gasteiger partial charge in [0, 0.05) is 49.1 Å². The molecular formula is C22H22ClN7O2. The highest BCUT2D eigenvalue weighted by molar-refractivity contribution is 6.37. The Labute approximate surface area is 188 Å². The number of hydrogen-bond acceptors (Lipinski definition) is 6. The molecule has 0 unspecified atom stereocenters. The number of aromatic nitrogens is 5. The van der Waals surface area contributed by atoms with E-state index in [-0.39, 0.29) is 17.3 Å². The van der Waals surface area contributed by atoms with Crippen LogP contribution in [0.1, 0.15) is 24.0 Å². The van der Waals surface area contributed by atoms with Crippen LogP contribution in [-0.2, 0) is 17.8 Å². The molecule has 0 aliphatic rings. The van der Waals surface area contributed by atoms with Crippen LogP contribution in [0.5, 0.6) is 0 Å². The van der Waals surface area contributed by atoms with Gasteiger partial charge in [0.1, 0.15) is 5.82 Å². The summed E-state index contributed by atoms with van der Waals surface area (Å²) >= 11 is 6.65. The minimum Gasteiger partial charge on any atom is -0.365 e. The van der Waals surface area contributed by atoms with Crippen LogP contribution < -0.4 is 16.2 Å². The Balaban J connectivity index is 1.63. The van der Waals surface area contributed by atoms with Crippen molar-refractivity contribution in [3.8, 4) is 5.82 Å². The van der Waals surface area contributed by atoms with Gasteiger partial charge in [-0.05, 0) is 25.1 Å². The first-order valence-corrected chi connectivity index (χ1v) is 10.4. The van der Waals surface area contributed by atoms with Crippen molar-refractivity contribution in [1.82, 2.24) is 29.8 Å². The molecule has 0 spiro atoms. The highest BCUT2D eigenvalue weighted by atomic mass is 35.5. The van der Waals surface area contributed by atoms with Crippen molar-refractivity contribution in [3.63, 3.8) is 0 Å². The first-order valence-electron chi connectivity index (χ1n) is 10.1. The summed E-state index contributed by atoms with van der Waals surface area (Å²) in [5, 5.41) is 6.91. The van der Waals surface area contributed by atoms with Crippen molar-refractivity contribution >= 4 is 34.2 Å². The van der Waals surface area contributed by atoms with Crippen molar-refractivity contribution in [3.05, 3.63) is 75.3 Å². The van der Waals surface area contributed by atoms with Gasteiger partial charge in [0.2, 0.25) is 5.91 Å². The van der Waals surface area contributed by atoms with Crippen LogP contribution in [0.2, 0.25) is 5.02 Å². The van der Waals surface area contributed by atoms with Crippen LogP contribution in [-0.4, -0.2) is 37.0 Å². The lowest BCUT2D eigenvalue weighted by Crippen LogP contribution is -2.26. The second-order valence-electron chi connectivity index (χ2n) is 7.31. The number of anilines is 1. The monoisotopic (exact) mass is 451 g/mol. The van der Waals surface area contributed by atoms with E-state index in [2.05, 4.69) is 30.6 Å². The maximum atomic E-state index is 13.2. The number of halogens is 1. The van der Waals surface area contributed by atoms with Crippen LogP contribution >= 0.6 is 11.6 Å². The molecule has 0 atom stereocenters. The van der Waals surface area contributed by atoms with E-state index in [1.54, 1.807) is 31.6 Å². The third-order valence-corrected chi connectivity index (χ3v) is 5.32. The average molecular weight is 452 g/mol. The molecule has 4 aromatic heterocycles. The number of H-pyrrole nitrogens is 1. The normalized spacial score (nSPS) is 11.0. The maximum absolute atomic E-state index is 13.2. The summed E-state index contributed by atoms with van der Waals surface area (Å²) in [6.45, 7) is 4.04. The van der Waals surface area contributed by atoms with Crippen LogP contribution in [0.25, 0.3) is 16.7 Å². The number of fused-ring (bicyclic) bond motifs is 1. The van der Waals surface area contributed by atoms with E-state index in [4.69, 9.17) is 11.6 Å². The molecule has 0 aromatic carbocycles. The molecule has 9 nitrogen and oxygen atoms in total. The Morgan fingerprint density at radius 2 is 2.03 bits per heavy atom. The summed E-state index contributed by atoms with van der Waals surface area (Å²) in [4.78, 5) is 40.4. The van der Waals surface area contributed by atoms with E-state index in [9.17, 15) is 9.59 Å². The van der Waals surface area contributed by atoms with Crippen LogP contribution in [0.4, 0.5) is 5.82 Å². The van der Waals surface area contributed by atoms with E-state index < -0.39 is 0 Å². The predicted molar refractivity (Wildman–Crippen MR) is 123 cm³/mol. The second-order valence-corrected chi connectivity index (χ2v) is 7.68. The largest absolute Gasteiger partial charge is 0.365 e. The minimum atomic E-state index is -0.314. The Morgan fingerprint density at radius 1 is 1.19 bits per heavy atom. The standard InChI is InChI=1S/C22H22ClN7O2/c1-13-10-28-20(25-8-6-15-5-3-4-7-24-15)22(32)30(13)21-19(23)17-9-16(11-26-14(2)31)27-12-18(17)29-21/h3-5,7,9-10,12,29H,6,8,11H2,1-2H3,(H,25,28)(H,26,31). The van der Waals surface area contributed by atoms with Crippen LogP contribution in [0.15, 0.2) is 47.7 Å². The molecule has 0 saturated heterocycles. The molecule has 0 aliphatic carbocycles. The average Bonchev–Trinajstić information content (AvgIpc) is 3.10. The molecule has 0 aliphatic heterocycles. The predicted octanol–water partition coefficient (Wildman–Crippen LogP) is 2.76. The lowest BCUT2D eigenvalue weighted by atomic mass is 10.2. The summed E-state index contributed by atoms with van der Waals surface area (Å²) in [6.07, 6.45) is 5.65. The number of carbonyl (C=O) groups is 1. The van der Waals surface area contributed by atoms with Gasteiger partial charge in [-0.3, -0.25) is 24.1 Å². The summed E-state index contributed by atoms with van der Waals surface area (Å²) in [6, 6.07) is 7.51. The topological polar surface area (TPSA) is 118 Å². The number of hydrogen-bond donors (Lipinski definition) is 3. The van der Waals surface area contributed by atoms with E-state index in [0.717, 1.165) is 5.69 Å². The Morgan fingerprint density at radius 3 is 2.78 bits per heavy atom. The first kappa shape index (κ1) is 21.5. The van der Waals surface area contributed by atoms with Gasteiger partial charge in [-0.2, -0.15) is 0 Å². The number of amides is 1. The van der Waals surface area contributed by atoms with E-state index in [1.165, 1.54) is 11.5 Å².